The molecule has 0 spiro atoms. The van der Waals surface area contributed by atoms with Gasteiger partial charge in [-0.3, -0.25) is 0 Å². The summed E-state index contributed by atoms with van der Waals surface area (Å²) in [6, 6.07) is 8.28. The third-order valence-electron chi connectivity index (χ3n) is 4.08. The maximum atomic E-state index is 11.9. The molecule has 1 aromatic heterocycles. The zero-order valence-electron chi connectivity index (χ0n) is 14.0. The number of hydrogen-bond acceptors (Lipinski definition) is 4. The van der Waals surface area contributed by atoms with Crippen LogP contribution < -0.4 is 10.2 Å². The number of thiophene rings is 1. The Morgan fingerprint density at radius 2 is 2.12 bits per heavy atom. The van der Waals surface area contributed by atoms with Gasteiger partial charge in [0.25, 0.3) is 0 Å². The van der Waals surface area contributed by atoms with Gasteiger partial charge in [-0.15, -0.1) is 11.3 Å². The van der Waals surface area contributed by atoms with Gasteiger partial charge in [-0.05, 0) is 56.6 Å². The number of benzene rings is 1. The molecular formula is C18H20N2O2S2. The minimum atomic E-state index is -0.348. The highest BCUT2D eigenvalue weighted by Gasteiger charge is 2.22. The molecule has 3 rings (SSSR count). The second-order valence-electron chi connectivity index (χ2n) is 5.91. The van der Waals surface area contributed by atoms with Gasteiger partial charge in [0.05, 0.1) is 12.7 Å². The molecule has 1 aliphatic heterocycles. The predicted molar refractivity (Wildman–Crippen MR) is 103 cm³/mol. The van der Waals surface area contributed by atoms with Crippen molar-refractivity contribution in [2.24, 2.45) is 0 Å². The molecule has 1 aromatic carbocycles. The molecule has 24 heavy (non-hydrogen) atoms. The Hall–Kier alpha value is -1.92. The number of methoxy groups -OCH3 is 1. The van der Waals surface area contributed by atoms with Crippen LogP contribution in [0.15, 0.2) is 24.3 Å². The number of fused-ring (bicyclic) bond motifs is 1. The molecule has 2 heterocycles. The van der Waals surface area contributed by atoms with E-state index in [4.69, 9.17) is 17.0 Å². The molecule has 0 saturated heterocycles. The second kappa shape index (κ2) is 6.91. The zero-order chi connectivity index (χ0) is 17.3. The highest BCUT2D eigenvalue weighted by molar-refractivity contribution is 7.80. The van der Waals surface area contributed by atoms with E-state index >= 15 is 0 Å². The van der Waals surface area contributed by atoms with Crippen molar-refractivity contribution in [2.75, 3.05) is 23.9 Å². The summed E-state index contributed by atoms with van der Waals surface area (Å²) in [4.78, 5) is 15.1. The maximum Gasteiger partial charge on any atom is 0.340 e. The van der Waals surface area contributed by atoms with E-state index in [2.05, 4.69) is 35.3 Å². The Bertz CT molecular complexity index is 798. The van der Waals surface area contributed by atoms with Crippen molar-refractivity contribution in [3.05, 3.63) is 45.8 Å². The minimum Gasteiger partial charge on any atom is -0.465 e. The van der Waals surface area contributed by atoms with Gasteiger partial charge in [0.2, 0.25) is 0 Å². The fourth-order valence-electron chi connectivity index (χ4n) is 2.97. The summed E-state index contributed by atoms with van der Waals surface area (Å²) >= 11 is 7.13. The third kappa shape index (κ3) is 3.30. The summed E-state index contributed by atoms with van der Waals surface area (Å²) < 4.78 is 4.86. The van der Waals surface area contributed by atoms with Crippen LogP contribution in [0.4, 0.5) is 10.7 Å². The van der Waals surface area contributed by atoms with Crippen molar-refractivity contribution in [2.45, 2.75) is 26.7 Å². The summed E-state index contributed by atoms with van der Waals surface area (Å²) in [7, 11) is 1.39. The highest BCUT2D eigenvalue weighted by atomic mass is 32.1. The monoisotopic (exact) mass is 360 g/mol. The number of carbonyl (C=O) groups excluding carboxylic acids is 1. The first-order chi connectivity index (χ1) is 11.5. The molecule has 0 aliphatic carbocycles. The summed E-state index contributed by atoms with van der Waals surface area (Å²) in [5.41, 5.74) is 4.26. The van der Waals surface area contributed by atoms with E-state index in [1.54, 1.807) is 0 Å². The number of hydrogen-bond donors (Lipinski definition) is 1. The van der Waals surface area contributed by atoms with Crippen molar-refractivity contribution in [1.29, 1.82) is 0 Å². The second-order valence-corrected chi connectivity index (χ2v) is 7.55. The smallest absolute Gasteiger partial charge is 0.340 e. The quantitative estimate of drug-likeness (QED) is 0.639. The molecule has 0 fully saturated rings. The van der Waals surface area contributed by atoms with E-state index in [1.165, 1.54) is 29.6 Å². The predicted octanol–water partition coefficient (Wildman–Crippen LogP) is 4.30. The molecule has 126 valence electrons. The van der Waals surface area contributed by atoms with Gasteiger partial charge in [0.15, 0.2) is 5.11 Å². The lowest BCUT2D eigenvalue weighted by Gasteiger charge is -2.31. The number of ether oxygens (including phenoxy) is 1. The lowest BCUT2D eigenvalue weighted by Crippen LogP contribution is -2.38. The van der Waals surface area contributed by atoms with Crippen molar-refractivity contribution < 1.29 is 9.53 Å². The number of anilines is 2. The summed E-state index contributed by atoms with van der Waals surface area (Å²) in [5.74, 6) is -0.348. The normalized spacial score (nSPS) is 13.4. The van der Waals surface area contributed by atoms with Crippen molar-refractivity contribution in [3.63, 3.8) is 0 Å². The average Bonchev–Trinajstić information content (AvgIpc) is 2.93. The number of aryl methyl sites for hydroxylation is 3. The maximum absolute atomic E-state index is 11.9. The largest absolute Gasteiger partial charge is 0.465 e. The van der Waals surface area contributed by atoms with Crippen molar-refractivity contribution >= 4 is 45.3 Å². The Morgan fingerprint density at radius 3 is 2.88 bits per heavy atom. The molecule has 1 N–H and O–H groups in total. The van der Waals surface area contributed by atoms with Crippen LogP contribution >= 0.6 is 23.6 Å². The van der Waals surface area contributed by atoms with Crippen LogP contribution in [0.1, 0.15) is 32.8 Å². The zero-order valence-corrected chi connectivity index (χ0v) is 15.6. The Labute approximate surface area is 151 Å². The van der Waals surface area contributed by atoms with Crippen LogP contribution in [-0.4, -0.2) is 24.7 Å². The lowest BCUT2D eigenvalue weighted by molar-refractivity contribution is 0.0602. The molecular weight excluding hydrogens is 340 g/mol. The molecule has 0 radical (unpaired) electrons. The molecule has 0 atom stereocenters. The average molecular weight is 361 g/mol. The standard InChI is InChI=1S/C18H20N2O2S2/c1-11-6-7-15-13(9-11)5-4-8-20(15)18(23)19-16-14(17(21)22-3)10-12(2)24-16/h6-7,9-10H,4-5,8H2,1-3H3,(H,19,23). The SMILES string of the molecule is COC(=O)c1cc(C)sc1NC(=S)N1CCCc2cc(C)ccc21. The topological polar surface area (TPSA) is 41.6 Å². The molecule has 1 aliphatic rings. The van der Waals surface area contributed by atoms with Crippen LogP contribution in [0.3, 0.4) is 0 Å². The van der Waals surface area contributed by atoms with Gasteiger partial charge in [-0.25, -0.2) is 4.79 Å². The molecule has 6 heteroatoms. The van der Waals surface area contributed by atoms with Gasteiger partial charge in [0, 0.05) is 17.1 Å². The molecule has 0 bridgehead atoms. The molecule has 0 saturated carbocycles. The van der Waals surface area contributed by atoms with E-state index in [9.17, 15) is 4.79 Å². The molecule has 0 unspecified atom stereocenters. The van der Waals surface area contributed by atoms with E-state index in [1.807, 2.05) is 13.0 Å². The van der Waals surface area contributed by atoms with Crippen LogP contribution in [0.25, 0.3) is 0 Å². The summed E-state index contributed by atoms with van der Waals surface area (Å²) in [6.07, 6.45) is 2.13. The Balaban J connectivity index is 1.86. The van der Waals surface area contributed by atoms with E-state index < -0.39 is 0 Å². The number of carbonyl (C=O) groups is 1. The van der Waals surface area contributed by atoms with E-state index in [0.29, 0.717) is 10.7 Å². The van der Waals surface area contributed by atoms with Crippen LogP contribution in [0.5, 0.6) is 0 Å². The first kappa shape index (κ1) is 16.9. The summed E-state index contributed by atoms with van der Waals surface area (Å²) in [5, 5.41) is 4.60. The van der Waals surface area contributed by atoms with Crippen LogP contribution in [0.2, 0.25) is 0 Å². The molecule has 2 aromatic rings. The minimum absolute atomic E-state index is 0.348. The Kier molecular flexibility index (Phi) is 4.87. The fraction of sp³-hybridized carbons (Fsp3) is 0.333. The number of esters is 1. The third-order valence-corrected chi connectivity index (χ3v) is 5.37. The fourth-order valence-corrected chi connectivity index (χ4v) is 4.23. The van der Waals surface area contributed by atoms with Crippen molar-refractivity contribution in [3.8, 4) is 0 Å². The van der Waals surface area contributed by atoms with Gasteiger partial charge >= 0.3 is 5.97 Å². The molecule has 4 nitrogen and oxygen atoms in total. The van der Waals surface area contributed by atoms with E-state index in [-0.39, 0.29) is 5.97 Å². The number of nitrogens with zero attached hydrogens (tertiary/aromatic N) is 1. The van der Waals surface area contributed by atoms with Gasteiger partial charge in [-0.2, -0.15) is 0 Å². The van der Waals surface area contributed by atoms with Crippen LogP contribution in [-0.2, 0) is 11.2 Å². The number of rotatable bonds is 2. The number of thiocarbonyl (C=S) groups is 1. The van der Waals surface area contributed by atoms with Crippen molar-refractivity contribution in [1.82, 2.24) is 0 Å². The molecule has 0 amide bonds. The first-order valence-electron chi connectivity index (χ1n) is 7.86. The van der Waals surface area contributed by atoms with E-state index in [0.717, 1.165) is 35.0 Å². The Morgan fingerprint density at radius 1 is 1.33 bits per heavy atom. The first-order valence-corrected chi connectivity index (χ1v) is 9.09. The van der Waals surface area contributed by atoms with Gasteiger partial charge in [-0.1, -0.05) is 17.7 Å². The van der Waals surface area contributed by atoms with Gasteiger partial charge in [0.1, 0.15) is 5.00 Å². The number of nitrogens with one attached hydrogen (secondary N) is 1. The lowest BCUT2D eigenvalue weighted by atomic mass is 10.00. The van der Waals surface area contributed by atoms with Crippen LogP contribution in [0, 0.1) is 13.8 Å². The summed E-state index contributed by atoms with van der Waals surface area (Å²) in [6.45, 7) is 4.94. The highest BCUT2D eigenvalue weighted by Crippen LogP contribution is 2.31. The van der Waals surface area contributed by atoms with Gasteiger partial charge < -0.3 is 15.0 Å².